The SMILES string of the molecule is c1ccc2c(c1)ccc1c2c2cc3[nH]c4ccccc4c3c3c4ccccc4n1c23. The monoisotopic (exact) mass is 380 g/mol. The molecular formula is C28H16N2. The number of nitrogens with zero attached hydrogens (tertiary/aromatic N) is 1. The van der Waals surface area contributed by atoms with Crippen molar-refractivity contribution in [2.24, 2.45) is 0 Å². The third-order valence-corrected chi connectivity index (χ3v) is 6.82. The fraction of sp³-hybridized carbons (Fsp3) is 0. The molecule has 8 rings (SSSR count). The van der Waals surface area contributed by atoms with E-state index in [2.05, 4.69) is 100 Å². The van der Waals surface area contributed by atoms with Crippen molar-refractivity contribution in [1.82, 2.24) is 9.38 Å². The summed E-state index contributed by atoms with van der Waals surface area (Å²) in [4.78, 5) is 3.69. The van der Waals surface area contributed by atoms with Gasteiger partial charge in [0.2, 0.25) is 0 Å². The van der Waals surface area contributed by atoms with Gasteiger partial charge in [-0.15, -0.1) is 0 Å². The number of aromatic nitrogens is 2. The van der Waals surface area contributed by atoms with Gasteiger partial charge in [-0.25, -0.2) is 0 Å². The Hall–Kier alpha value is -4.04. The molecule has 138 valence electrons. The molecule has 0 aliphatic carbocycles. The molecule has 0 saturated heterocycles. The van der Waals surface area contributed by atoms with Crippen molar-refractivity contribution in [2.45, 2.75) is 0 Å². The smallest absolute Gasteiger partial charge is 0.0628 e. The summed E-state index contributed by atoms with van der Waals surface area (Å²) in [7, 11) is 0. The molecule has 0 atom stereocenters. The van der Waals surface area contributed by atoms with Crippen molar-refractivity contribution in [3.8, 4) is 0 Å². The lowest BCUT2D eigenvalue weighted by molar-refractivity contribution is 1.37. The second-order valence-electron chi connectivity index (χ2n) is 8.27. The van der Waals surface area contributed by atoms with Crippen LogP contribution in [0.2, 0.25) is 0 Å². The maximum Gasteiger partial charge on any atom is 0.0628 e. The maximum absolute atomic E-state index is 3.69. The van der Waals surface area contributed by atoms with E-state index >= 15 is 0 Å². The van der Waals surface area contributed by atoms with Gasteiger partial charge in [-0.2, -0.15) is 0 Å². The Labute approximate surface area is 171 Å². The maximum atomic E-state index is 3.69. The third kappa shape index (κ3) is 1.56. The van der Waals surface area contributed by atoms with Crippen LogP contribution in [0.25, 0.3) is 70.7 Å². The number of rotatable bonds is 0. The zero-order valence-electron chi connectivity index (χ0n) is 16.1. The number of hydrogen-bond donors (Lipinski definition) is 1. The molecule has 0 bridgehead atoms. The molecule has 2 heteroatoms. The van der Waals surface area contributed by atoms with E-state index in [4.69, 9.17) is 0 Å². The summed E-state index contributed by atoms with van der Waals surface area (Å²) in [5.74, 6) is 0. The first-order valence-corrected chi connectivity index (χ1v) is 10.4. The summed E-state index contributed by atoms with van der Waals surface area (Å²) < 4.78 is 2.48. The standard InChI is InChI=1S/C28H16N2/c1-2-8-17-16(7-1)13-14-24-25(17)20-15-22-26(18-9-3-5-11-21(18)29-22)27-19-10-4-6-12-23(19)30(24)28(20)27/h1-15,29H. The van der Waals surface area contributed by atoms with Crippen LogP contribution in [0.5, 0.6) is 0 Å². The molecule has 2 nitrogen and oxygen atoms in total. The first-order valence-electron chi connectivity index (χ1n) is 10.4. The summed E-state index contributed by atoms with van der Waals surface area (Å²) in [5.41, 5.74) is 6.30. The normalized spacial score (nSPS) is 12.7. The molecule has 0 saturated carbocycles. The number of H-pyrrole nitrogens is 1. The number of hydrogen-bond acceptors (Lipinski definition) is 0. The number of para-hydroxylation sites is 2. The lowest BCUT2D eigenvalue weighted by Crippen LogP contribution is -1.80. The van der Waals surface area contributed by atoms with E-state index in [0.29, 0.717) is 0 Å². The quantitative estimate of drug-likeness (QED) is 0.279. The van der Waals surface area contributed by atoms with Gasteiger partial charge in [0.05, 0.1) is 16.6 Å². The Morgan fingerprint density at radius 2 is 1.27 bits per heavy atom. The van der Waals surface area contributed by atoms with E-state index < -0.39 is 0 Å². The van der Waals surface area contributed by atoms with Gasteiger partial charge in [0.1, 0.15) is 0 Å². The van der Waals surface area contributed by atoms with E-state index in [1.54, 1.807) is 0 Å². The van der Waals surface area contributed by atoms with E-state index in [1.165, 1.54) is 70.7 Å². The van der Waals surface area contributed by atoms with Crippen LogP contribution in [0, 0.1) is 0 Å². The van der Waals surface area contributed by atoms with Crippen LogP contribution in [-0.2, 0) is 0 Å². The van der Waals surface area contributed by atoms with Gasteiger partial charge in [0, 0.05) is 43.4 Å². The van der Waals surface area contributed by atoms with Crippen LogP contribution in [0.4, 0.5) is 0 Å². The van der Waals surface area contributed by atoms with Gasteiger partial charge in [0.25, 0.3) is 0 Å². The minimum absolute atomic E-state index is 1.20. The molecule has 3 heterocycles. The van der Waals surface area contributed by atoms with Crippen molar-refractivity contribution in [2.75, 3.05) is 0 Å². The van der Waals surface area contributed by atoms with Gasteiger partial charge in [-0.3, -0.25) is 0 Å². The van der Waals surface area contributed by atoms with Crippen molar-refractivity contribution in [1.29, 1.82) is 0 Å². The Morgan fingerprint density at radius 1 is 0.500 bits per heavy atom. The minimum Gasteiger partial charge on any atom is -0.354 e. The van der Waals surface area contributed by atoms with Crippen molar-refractivity contribution >= 4 is 70.7 Å². The van der Waals surface area contributed by atoms with Crippen molar-refractivity contribution in [3.63, 3.8) is 0 Å². The van der Waals surface area contributed by atoms with Crippen molar-refractivity contribution in [3.05, 3.63) is 91.0 Å². The lowest BCUT2D eigenvalue weighted by Gasteiger charge is -2.03. The highest BCUT2D eigenvalue weighted by Gasteiger charge is 2.22. The Balaban J connectivity index is 1.82. The molecule has 5 aromatic carbocycles. The first-order chi connectivity index (χ1) is 14.9. The van der Waals surface area contributed by atoms with E-state index in [9.17, 15) is 0 Å². The highest BCUT2D eigenvalue weighted by atomic mass is 14.9. The summed E-state index contributed by atoms with van der Waals surface area (Å²) >= 11 is 0. The van der Waals surface area contributed by atoms with Gasteiger partial charge in [-0.05, 0) is 35.0 Å². The molecular weight excluding hydrogens is 364 g/mol. The van der Waals surface area contributed by atoms with Gasteiger partial charge in [0.15, 0.2) is 0 Å². The highest BCUT2D eigenvalue weighted by Crippen LogP contribution is 2.46. The van der Waals surface area contributed by atoms with Crippen LogP contribution in [0.15, 0.2) is 91.0 Å². The fourth-order valence-electron chi connectivity index (χ4n) is 5.67. The van der Waals surface area contributed by atoms with Gasteiger partial charge < -0.3 is 9.38 Å². The summed E-state index contributed by atoms with van der Waals surface area (Å²) in [5, 5.41) is 10.6. The average molecular weight is 380 g/mol. The molecule has 0 aliphatic heterocycles. The molecule has 8 aromatic rings. The van der Waals surface area contributed by atoms with Crippen LogP contribution in [-0.4, -0.2) is 9.38 Å². The summed E-state index contributed by atoms with van der Waals surface area (Å²) in [6, 6.07) is 33.1. The summed E-state index contributed by atoms with van der Waals surface area (Å²) in [6.45, 7) is 0. The van der Waals surface area contributed by atoms with Crippen LogP contribution >= 0.6 is 0 Å². The topological polar surface area (TPSA) is 20.2 Å². The molecule has 0 radical (unpaired) electrons. The Morgan fingerprint density at radius 3 is 2.20 bits per heavy atom. The summed E-state index contributed by atoms with van der Waals surface area (Å²) in [6.07, 6.45) is 0. The molecule has 3 aromatic heterocycles. The number of nitrogens with one attached hydrogen (secondary N) is 1. The third-order valence-electron chi connectivity index (χ3n) is 6.82. The van der Waals surface area contributed by atoms with Gasteiger partial charge >= 0.3 is 0 Å². The second-order valence-corrected chi connectivity index (χ2v) is 8.27. The number of aromatic amines is 1. The number of benzene rings is 5. The van der Waals surface area contributed by atoms with Crippen LogP contribution in [0.3, 0.4) is 0 Å². The molecule has 0 spiro atoms. The molecule has 30 heavy (non-hydrogen) atoms. The Kier molecular flexibility index (Phi) is 2.44. The van der Waals surface area contributed by atoms with E-state index in [0.717, 1.165) is 0 Å². The Bertz CT molecular complexity index is 1950. The zero-order valence-corrected chi connectivity index (χ0v) is 16.1. The van der Waals surface area contributed by atoms with Crippen LogP contribution < -0.4 is 0 Å². The predicted molar refractivity (Wildman–Crippen MR) is 128 cm³/mol. The fourth-order valence-corrected chi connectivity index (χ4v) is 5.67. The molecule has 0 aliphatic rings. The lowest BCUT2D eigenvalue weighted by atomic mass is 9.99. The van der Waals surface area contributed by atoms with E-state index in [1.807, 2.05) is 0 Å². The van der Waals surface area contributed by atoms with E-state index in [-0.39, 0.29) is 0 Å². The first kappa shape index (κ1) is 14.9. The highest BCUT2D eigenvalue weighted by molar-refractivity contribution is 6.37. The minimum atomic E-state index is 1.20. The van der Waals surface area contributed by atoms with Crippen LogP contribution in [0.1, 0.15) is 0 Å². The zero-order chi connectivity index (χ0) is 19.4. The second kappa shape index (κ2) is 4.92. The predicted octanol–water partition coefficient (Wildman–Crippen LogP) is 7.62. The molecule has 1 N–H and O–H groups in total. The van der Waals surface area contributed by atoms with Gasteiger partial charge in [-0.1, -0.05) is 66.7 Å². The molecule has 0 amide bonds. The number of fused-ring (bicyclic) bond motifs is 12. The molecule has 0 fully saturated rings. The molecule has 0 unspecified atom stereocenters. The average Bonchev–Trinajstić information content (AvgIpc) is 3.44. The largest absolute Gasteiger partial charge is 0.354 e. The van der Waals surface area contributed by atoms with Crippen molar-refractivity contribution < 1.29 is 0 Å².